The third-order valence-electron chi connectivity index (χ3n) is 5.85. The van der Waals surface area contributed by atoms with Crippen LogP contribution in [0.15, 0.2) is 11.6 Å². The number of rotatable bonds is 1. The van der Waals surface area contributed by atoms with Gasteiger partial charge in [0.2, 0.25) is 0 Å². The van der Waals surface area contributed by atoms with E-state index in [1.807, 2.05) is 6.92 Å². The number of aliphatic hydroxyl groups is 1. The molecule has 1 nitrogen and oxygen atoms in total. The van der Waals surface area contributed by atoms with Crippen LogP contribution >= 0.6 is 0 Å². The van der Waals surface area contributed by atoms with Crippen LogP contribution in [0.5, 0.6) is 0 Å². The van der Waals surface area contributed by atoms with E-state index in [9.17, 15) is 5.11 Å². The Kier molecular flexibility index (Phi) is 3.18. The van der Waals surface area contributed by atoms with Crippen LogP contribution in [0.3, 0.4) is 0 Å². The van der Waals surface area contributed by atoms with Crippen LogP contribution < -0.4 is 0 Å². The van der Waals surface area contributed by atoms with Crippen LogP contribution in [0.2, 0.25) is 0 Å². The van der Waals surface area contributed by atoms with Crippen molar-refractivity contribution >= 4 is 0 Å². The molecule has 4 atom stereocenters. The lowest BCUT2D eigenvalue weighted by molar-refractivity contribution is -0.0389. The third-order valence-corrected chi connectivity index (χ3v) is 5.85. The van der Waals surface area contributed by atoms with Crippen LogP contribution in [0.1, 0.15) is 60.3 Å². The standard InChI is InChI=1S/C16H28O/c1-11-9-13-7-6-8-15(3,4)14(13)10-16(11,5)12(2)17/h7,11-12,14,17H,6,8-10H2,1-5H3/t11-,12-,14+,16-/m1/s1. The minimum Gasteiger partial charge on any atom is -0.393 e. The first-order chi connectivity index (χ1) is 7.77. The monoisotopic (exact) mass is 236 g/mol. The minimum atomic E-state index is -0.197. The van der Waals surface area contributed by atoms with Gasteiger partial charge in [-0.3, -0.25) is 0 Å². The maximum absolute atomic E-state index is 10.1. The van der Waals surface area contributed by atoms with E-state index in [1.54, 1.807) is 5.57 Å². The van der Waals surface area contributed by atoms with Crippen molar-refractivity contribution in [2.75, 3.05) is 0 Å². The summed E-state index contributed by atoms with van der Waals surface area (Å²) in [5, 5.41) is 10.1. The third kappa shape index (κ3) is 2.07. The summed E-state index contributed by atoms with van der Waals surface area (Å²) in [7, 11) is 0. The van der Waals surface area contributed by atoms with Gasteiger partial charge in [0.25, 0.3) is 0 Å². The molecule has 0 heterocycles. The van der Waals surface area contributed by atoms with Gasteiger partial charge in [0, 0.05) is 0 Å². The van der Waals surface area contributed by atoms with Gasteiger partial charge in [-0.15, -0.1) is 0 Å². The SMILES string of the molecule is C[C@@H]1CC2=CCCC(C)(C)[C@H]2C[C@@]1(C)[C@@H](C)O. The molecule has 0 aromatic carbocycles. The lowest BCUT2D eigenvalue weighted by Gasteiger charge is -2.52. The van der Waals surface area contributed by atoms with Gasteiger partial charge in [-0.1, -0.05) is 39.3 Å². The molecule has 98 valence electrons. The Labute approximate surface area is 106 Å². The molecule has 2 rings (SSSR count). The van der Waals surface area contributed by atoms with Crippen LogP contribution in [0.4, 0.5) is 0 Å². The van der Waals surface area contributed by atoms with Crippen molar-refractivity contribution in [1.82, 2.24) is 0 Å². The predicted octanol–water partition coefficient (Wildman–Crippen LogP) is 4.17. The van der Waals surface area contributed by atoms with E-state index in [4.69, 9.17) is 0 Å². The van der Waals surface area contributed by atoms with E-state index in [0.717, 1.165) is 6.42 Å². The molecule has 0 spiro atoms. The van der Waals surface area contributed by atoms with E-state index in [1.165, 1.54) is 19.3 Å². The van der Waals surface area contributed by atoms with E-state index >= 15 is 0 Å². The second-order valence-corrected chi connectivity index (χ2v) is 7.35. The fraction of sp³-hybridized carbons (Fsp3) is 0.875. The summed E-state index contributed by atoms with van der Waals surface area (Å²) in [5.41, 5.74) is 2.18. The van der Waals surface area contributed by atoms with Gasteiger partial charge in [-0.2, -0.15) is 0 Å². The Morgan fingerprint density at radius 1 is 1.35 bits per heavy atom. The van der Waals surface area contributed by atoms with Crippen molar-refractivity contribution in [3.05, 3.63) is 11.6 Å². The zero-order chi connectivity index (χ0) is 12.8. The van der Waals surface area contributed by atoms with Crippen molar-refractivity contribution < 1.29 is 5.11 Å². The zero-order valence-electron chi connectivity index (χ0n) is 12.1. The molecule has 0 aromatic rings. The molecule has 17 heavy (non-hydrogen) atoms. The molecule has 1 fully saturated rings. The molecule has 2 aliphatic carbocycles. The first-order valence-corrected chi connectivity index (χ1v) is 7.14. The summed E-state index contributed by atoms with van der Waals surface area (Å²) in [4.78, 5) is 0. The largest absolute Gasteiger partial charge is 0.393 e. The molecule has 0 bridgehead atoms. The maximum atomic E-state index is 10.1. The summed E-state index contributed by atoms with van der Waals surface area (Å²) >= 11 is 0. The first kappa shape index (κ1) is 13.1. The second-order valence-electron chi connectivity index (χ2n) is 7.35. The van der Waals surface area contributed by atoms with Crippen molar-refractivity contribution in [2.24, 2.45) is 22.7 Å². The molecule has 1 heteroatoms. The predicted molar refractivity (Wildman–Crippen MR) is 72.8 cm³/mol. The van der Waals surface area contributed by atoms with Gasteiger partial charge >= 0.3 is 0 Å². The highest BCUT2D eigenvalue weighted by Crippen LogP contribution is 2.56. The molecule has 0 aromatic heterocycles. The number of fused-ring (bicyclic) bond motifs is 1. The van der Waals surface area contributed by atoms with E-state index < -0.39 is 0 Å². The number of hydrogen-bond donors (Lipinski definition) is 1. The molecule has 0 unspecified atom stereocenters. The lowest BCUT2D eigenvalue weighted by atomic mass is 9.53. The van der Waals surface area contributed by atoms with Crippen molar-refractivity contribution in [3.8, 4) is 0 Å². The Morgan fingerprint density at radius 2 is 2.00 bits per heavy atom. The Balaban J connectivity index is 2.31. The summed E-state index contributed by atoms with van der Waals surface area (Å²) < 4.78 is 0. The molecular formula is C16H28O. The van der Waals surface area contributed by atoms with Gasteiger partial charge in [-0.25, -0.2) is 0 Å². The summed E-state index contributed by atoms with van der Waals surface area (Å²) in [6.45, 7) is 11.4. The smallest absolute Gasteiger partial charge is 0.0568 e. The van der Waals surface area contributed by atoms with Crippen LogP contribution in [-0.4, -0.2) is 11.2 Å². The molecule has 0 saturated heterocycles. The highest BCUT2D eigenvalue weighted by Gasteiger charge is 2.48. The normalized spacial score (nSPS) is 42.6. The second kappa shape index (κ2) is 4.12. The molecule has 1 N–H and O–H groups in total. The van der Waals surface area contributed by atoms with Gasteiger partial charge in [-0.05, 0) is 55.3 Å². The first-order valence-electron chi connectivity index (χ1n) is 7.14. The average Bonchev–Trinajstić information content (AvgIpc) is 2.21. The fourth-order valence-corrected chi connectivity index (χ4v) is 3.89. The molecule has 0 amide bonds. The highest BCUT2D eigenvalue weighted by molar-refractivity contribution is 5.20. The van der Waals surface area contributed by atoms with Crippen LogP contribution in [0.25, 0.3) is 0 Å². The van der Waals surface area contributed by atoms with Gasteiger partial charge in [0.15, 0.2) is 0 Å². The zero-order valence-corrected chi connectivity index (χ0v) is 12.1. The highest BCUT2D eigenvalue weighted by atomic mass is 16.3. The molecular weight excluding hydrogens is 208 g/mol. The quantitative estimate of drug-likeness (QED) is 0.678. The number of allylic oxidation sites excluding steroid dienone is 2. The molecule has 1 saturated carbocycles. The minimum absolute atomic E-state index is 0.0939. The topological polar surface area (TPSA) is 20.2 Å². The van der Waals surface area contributed by atoms with E-state index in [0.29, 0.717) is 17.3 Å². The van der Waals surface area contributed by atoms with Crippen LogP contribution in [-0.2, 0) is 0 Å². The Bertz CT molecular complexity index is 326. The fourth-order valence-electron chi connectivity index (χ4n) is 3.89. The Morgan fingerprint density at radius 3 is 2.59 bits per heavy atom. The number of hydrogen-bond acceptors (Lipinski definition) is 1. The van der Waals surface area contributed by atoms with E-state index in [-0.39, 0.29) is 11.5 Å². The average molecular weight is 236 g/mol. The van der Waals surface area contributed by atoms with Gasteiger partial charge in [0.1, 0.15) is 0 Å². The number of aliphatic hydroxyl groups excluding tert-OH is 1. The van der Waals surface area contributed by atoms with Gasteiger partial charge in [0.05, 0.1) is 6.10 Å². The van der Waals surface area contributed by atoms with Crippen LogP contribution in [0, 0.1) is 22.7 Å². The Hall–Kier alpha value is -0.300. The van der Waals surface area contributed by atoms with E-state index in [2.05, 4.69) is 33.8 Å². The maximum Gasteiger partial charge on any atom is 0.0568 e. The summed E-state index contributed by atoms with van der Waals surface area (Å²) in [5.74, 6) is 1.28. The summed E-state index contributed by atoms with van der Waals surface area (Å²) in [6.07, 6.45) is 7.17. The molecule has 2 aliphatic rings. The van der Waals surface area contributed by atoms with Gasteiger partial charge < -0.3 is 5.11 Å². The van der Waals surface area contributed by atoms with Crippen molar-refractivity contribution in [3.63, 3.8) is 0 Å². The van der Waals surface area contributed by atoms with Crippen molar-refractivity contribution in [2.45, 2.75) is 66.4 Å². The molecule has 0 aliphatic heterocycles. The lowest BCUT2D eigenvalue weighted by Crippen LogP contribution is -2.46. The molecule has 0 radical (unpaired) electrons. The summed E-state index contributed by atoms with van der Waals surface area (Å²) in [6, 6.07) is 0. The van der Waals surface area contributed by atoms with Crippen molar-refractivity contribution in [1.29, 1.82) is 0 Å².